The van der Waals surface area contributed by atoms with Crippen LogP contribution in [-0.2, 0) is 0 Å². The predicted molar refractivity (Wildman–Crippen MR) is 255 cm³/mol. The lowest BCUT2D eigenvalue weighted by molar-refractivity contribution is 0.474. The number of rotatable bonds is 0. The minimum absolute atomic E-state index is 0.143. The smallest absolute Gasteiger partial charge is 0.124 e. The highest BCUT2D eigenvalue weighted by atomic mass is 16.3. The maximum Gasteiger partial charge on any atom is 0.124 e. The Hall–Kier alpha value is -7.84. The fourth-order valence-corrected chi connectivity index (χ4v) is 8.10. The topological polar surface area (TPSA) is 130 Å². The summed E-state index contributed by atoms with van der Waals surface area (Å²) in [6, 6.07) is 47.1. The van der Waals surface area contributed by atoms with Crippen LogP contribution in [0.2, 0.25) is 0 Å². The molecule has 62 heavy (non-hydrogen) atoms. The number of phenolic OH excluding ortho intramolecular Hbond substituents is 4. The van der Waals surface area contributed by atoms with Gasteiger partial charge in [0.25, 0.3) is 0 Å². The fourth-order valence-electron chi connectivity index (χ4n) is 8.10. The third-order valence-corrected chi connectivity index (χ3v) is 11.2. The van der Waals surface area contributed by atoms with E-state index < -0.39 is 0 Å². The van der Waals surface area contributed by atoms with E-state index >= 15 is 0 Å². The van der Waals surface area contributed by atoms with Gasteiger partial charge in [-0.15, -0.1) is 0 Å². The molecule has 8 aromatic rings. The van der Waals surface area contributed by atoms with E-state index in [0.29, 0.717) is 61.3 Å². The Morgan fingerprint density at radius 1 is 0.306 bits per heavy atom. The van der Waals surface area contributed by atoms with Gasteiger partial charge in [-0.1, -0.05) is 97.1 Å². The third-order valence-electron chi connectivity index (χ3n) is 11.2. The minimum Gasteiger partial charge on any atom is -0.507 e. The number of hydrogen-bond donors (Lipinski definition) is 4. The van der Waals surface area contributed by atoms with E-state index in [4.69, 9.17) is 0 Å². The summed E-state index contributed by atoms with van der Waals surface area (Å²) in [5, 5.41) is 47.6. The number of hydrogen-bond acceptors (Lipinski definition) is 8. The van der Waals surface area contributed by atoms with Crippen LogP contribution in [0.3, 0.4) is 0 Å². The van der Waals surface area contributed by atoms with Crippen LogP contribution in [0.25, 0.3) is 66.1 Å². The molecular formula is C54H44N4O4. The monoisotopic (exact) mass is 812 g/mol. The molecule has 0 saturated heterocycles. The van der Waals surface area contributed by atoms with Gasteiger partial charge in [0.05, 0.1) is 0 Å². The molecule has 0 amide bonds. The second-order valence-electron chi connectivity index (χ2n) is 15.4. The van der Waals surface area contributed by atoms with Crippen molar-refractivity contribution in [1.82, 2.24) is 0 Å². The van der Waals surface area contributed by atoms with Gasteiger partial charge in [0, 0.05) is 73.3 Å². The zero-order chi connectivity index (χ0) is 42.4. The molecule has 1 heterocycles. The van der Waals surface area contributed by atoms with E-state index in [-0.39, 0.29) is 23.0 Å². The van der Waals surface area contributed by atoms with Crippen LogP contribution < -0.4 is 0 Å². The molecule has 8 heteroatoms. The maximum atomic E-state index is 10.9. The number of aromatic hydroxyl groups is 4. The van der Waals surface area contributed by atoms with Crippen molar-refractivity contribution in [3.63, 3.8) is 0 Å². The van der Waals surface area contributed by atoms with Gasteiger partial charge in [0.15, 0.2) is 0 Å². The average molecular weight is 813 g/mol. The van der Waals surface area contributed by atoms with Crippen LogP contribution in [0.5, 0.6) is 23.0 Å². The molecule has 8 nitrogen and oxygen atoms in total. The van der Waals surface area contributed by atoms with E-state index in [0.717, 1.165) is 66.1 Å². The van der Waals surface area contributed by atoms with Gasteiger partial charge in [-0.2, -0.15) is 0 Å². The molecule has 8 bridgehead atoms. The van der Waals surface area contributed by atoms with Crippen LogP contribution in [-0.4, -0.2) is 71.5 Å². The maximum absolute atomic E-state index is 10.9. The molecule has 0 fully saturated rings. The summed E-state index contributed by atoms with van der Waals surface area (Å²) in [6.07, 6.45) is 8.19. The van der Waals surface area contributed by atoms with Crippen molar-refractivity contribution in [3.05, 3.63) is 168 Å². The van der Waals surface area contributed by atoms with Gasteiger partial charge in [-0.05, 0) is 127 Å². The summed E-state index contributed by atoms with van der Waals surface area (Å²) in [7, 11) is 0. The number of fused-ring (bicyclic) bond motifs is 12. The Bertz CT molecular complexity index is 2690. The minimum atomic E-state index is 0.143. The Morgan fingerprint density at radius 3 is 0.823 bits per heavy atom. The van der Waals surface area contributed by atoms with Gasteiger partial charge in [-0.3, -0.25) is 20.0 Å². The normalized spacial score (nSPS) is 13.4. The molecule has 1 aliphatic heterocycles. The first-order valence-electron chi connectivity index (χ1n) is 20.8. The molecule has 0 aromatic heterocycles. The van der Waals surface area contributed by atoms with Crippen molar-refractivity contribution in [3.8, 4) is 67.5 Å². The van der Waals surface area contributed by atoms with Crippen molar-refractivity contribution < 1.29 is 20.4 Å². The zero-order valence-electron chi connectivity index (χ0n) is 34.0. The summed E-state index contributed by atoms with van der Waals surface area (Å²) < 4.78 is 0. The summed E-state index contributed by atoms with van der Waals surface area (Å²) in [5.41, 5.74) is 10.2. The van der Waals surface area contributed by atoms with Gasteiger partial charge >= 0.3 is 0 Å². The molecule has 9 rings (SSSR count). The van der Waals surface area contributed by atoms with E-state index in [9.17, 15) is 20.4 Å². The molecular weight excluding hydrogens is 769 g/mol. The van der Waals surface area contributed by atoms with Crippen molar-refractivity contribution in [1.29, 1.82) is 0 Å². The highest BCUT2D eigenvalue weighted by Crippen LogP contribution is 2.40. The first-order valence-corrected chi connectivity index (χ1v) is 20.8. The van der Waals surface area contributed by atoms with Gasteiger partial charge < -0.3 is 20.4 Å². The molecule has 0 radical (unpaired) electrons. The molecule has 0 spiro atoms. The Morgan fingerprint density at radius 2 is 0.565 bits per heavy atom. The van der Waals surface area contributed by atoms with Gasteiger partial charge in [0.2, 0.25) is 0 Å². The highest BCUT2D eigenvalue weighted by molar-refractivity contribution is 6.09. The molecule has 1 aliphatic rings. The Kier molecular flexibility index (Phi) is 11.4. The zero-order valence-corrected chi connectivity index (χ0v) is 34.0. The lowest BCUT2D eigenvalue weighted by Gasteiger charge is -2.14. The van der Waals surface area contributed by atoms with Gasteiger partial charge in [-0.25, -0.2) is 0 Å². The predicted octanol–water partition coefficient (Wildman–Crippen LogP) is 11.7. The summed E-state index contributed by atoms with van der Waals surface area (Å²) in [4.78, 5) is 18.6. The second-order valence-corrected chi connectivity index (χ2v) is 15.4. The van der Waals surface area contributed by atoms with E-state index in [1.54, 1.807) is 49.1 Å². The van der Waals surface area contributed by atoms with Gasteiger partial charge in [0.1, 0.15) is 23.0 Å². The molecule has 304 valence electrons. The van der Waals surface area contributed by atoms with Crippen molar-refractivity contribution in [2.24, 2.45) is 20.0 Å². The standard InChI is InChI=1S/C54H44N4O4/c59-49-19-15-37-27-41(49)31-55-23-5-24-57-33-43-29-39(17-21-51(43)61)47-13-3-9-36-10-4-14-48(54(36)47)40-18-22-52(62)44(30-40)34-58-26-6-25-56-32-42-28-38(16-20-50(42)60)46-12-2-8-35-7-1-11-45(37)53(35)46/h1-4,7-22,27-34,59-62H,5-6,23-26H2. The van der Waals surface area contributed by atoms with E-state index in [2.05, 4.69) is 68.5 Å². The number of aliphatic imine (C=N–C) groups is 4. The van der Waals surface area contributed by atoms with E-state index in [1.165, 1.54) is 0 Å². The first kappa shape index (κ1) is 39.6. The highest BCUT2D eigenvalue weighted by Gasteiger charge is 2.15. The van der Waals surface area contributed by atoms with Crippen molar-refractivity contribution >= 4 is 46.4 Å². The SMILES string of the molecule is Oc1ccc2cc1C=NCCCN=Cc1cc(ccc1O)-c1cccc3cccc(c13)-c1ccc(O)c(c1)C=NCCCN=Cc1cc(ccc1O)-c1cccc3cccc-2c13. The second kappa shape index (κ2) is 17.8. The third kappa shape index (κ3) is 8.31. The quantitative estimate of drug-likeness (QED) is 0.121. The molecule has 0 aliphatic carbocycles. The lowest BCUT2D eigenvalue weighted by Crippen LogP contribution is -1.93. The molecule has 0 unspecified atom stereocenters. The van der Waals surface area contributed by atoms with Crippen LogP contribution >= 0.6 is 0 Å². The van der Waals surface area contributed by atoms with Crippen LogP contribution in [0.15, 0.2) is 166 Å². The number of benzene rings is 8. The van der Waals surface area contributed by atoms with E-state index in [1.807, 2.05) is 72.8 Å². The fraction of sp³-hybridized carbons (Fsp3) is 0.111. The lowest BCUT2D eigenvalue weighted by atomic mass is 9.90. The number of nitrogens with zero attached hydrogens (tertiary/aromatic N) is 4. The summed E-state index contributed by atoms with van der Waals surface area (Å²) in [5.74, 6) is 0.570. The largest absolute Gasteiger partial charge is 0.507 e. The number of phenols is 4. The van der Waals surface area contributed by atoms with Crippen molar-refractivity contribution in [2.45, 2.75) is 12.8 Å². The van der Waals surface area contributed by atoms with Crippen LogP contribution in [0.4, 0.5) is 0 Å². The van der Waals surface area contributed by atoms with Crippen LogP contribution in [0.1, 0.15) is 35.1 Å². The van der Waals surface area contributed by atoms with Crippen LogP contribution in [0, 0.1) is 0 Å². The molecule has 0 atom stereocenters. The van der Waals surface area contributed by atoms with Crippen molar-refractivity contribution in [2.75, 3.05) is 26.2 Å². The Labute approximate surface area is 359 Å². The summed E-state index contributed by atoms with van der Waals surface area (Å²) >= 11 is 0. The average Bonchev–Trinajstić information content (AvgIpc) is 3.29. The molecule has 0 saturated carbocycles. The summed E-state index contributed by atoms with van der Waals surface area (Å²) in [6.45, 7) is 2.01. The first-order chi connectivity index (χ1) is 30.4. The molecule has 4 N–H and O–H groups in total. The molecule has 8 aromatic carbocycles. The Balaban J connectivity index is 1.08.